The average molecular weight is 312 g/mol. The van der Waals surface area contributed by atoms with Gasteiger partial charge in [-0.05, 0) is 12.0 Å². The van der Waals surface area contributed by atoms with Crippen LogP contribution >= 0.6 is 11.6 Å². The molecule has 0 aromatic heterocycles. The standard InChI is InChI=1S/C12H11ClFNO4.Na.H/c1-5(2)10-11(17)15(12(18)19-10)8-4-9(16)6(13)3-7(8)14;;/h3-5,10,16H,1-2H3;;/q;+1;-1. The van der Waals surface area contributed by atoms with Gasteiger partial charge >= 0.3 is 35.7 Å². The summed E-state index contributed by atoms with van der Waals surface area (Å²) in [6.45, 7) is 3.41. The van der Waals surface area contributed by atoms with Crippen LogP contribution in [-0.2, 0) is 9.53 Å². The molecule has 1 aliphatic rings. The summed E-state index contributed by atoms with van der Waals surface area (Å²) >= 11 is 5.53. The zero-order valence-corrected chi connectivity index (χ0v) is 13.9. The Morgan fingerprint density at radius 1 is 1.45 bits per heavy atom. The van der Waals surface area contributed by atoms with Gasteiger partial charge in [-0.2, -0.15) is 0 Å². The summed E-state index contributed by atoms with van der Waals surface area (Å²) in [5, 5.41) is 9.24. The maximum atomic E-state index is 13.8. The Bertz CT molecular complexity index is 572. The topological polar surface area (TPSA) is 66.8 Å². The van der Waals surface area contributed by atoms with Crippen molar-refractivity contribution in [2.45, 2.75) is 20.0 Å². The van der Waals surface area contributed by atoms with Gasteiger partial charge in [-0.3, -0.25) is 4.79 Å². The number of anilines is 1. The predicted molar refractivity (Wildman–Crippen MR) is 66.8 cm³/mol. The molecule has 1 saturated heterocycles. The summed E-state index contributed by atoms with van der Waals surface area (Å²) < 4.78 is 18.6. The number of carbonyl (C=O) groups is 2. The first kappa shape index (κ1) is 17.2. The SMILES string of the molecule is CC(C)C1OC(=O)N(c2cc(O)c(Cl)cc2F)C1=O.[H-].[Na+]. The molecule has 1 aliphatic heterocycles. The molecule has 2 rings (SSSR count). The Morgan fingerprint density at radius 3 is 2.55 bits per heavy atom. The Kier molecular flexibility index (Phi) is 5.43. The fourth-order valence-electron chi connectivity index (χ4n) is 1.77. The molecule has 20 heavy (non-hydrogen) atoms. The third-order valence-electron chi connectivity index (χ3n) is 2.74. The van der Waals surface area contributed by atoms with E-state index in [0.29, 0.717) is 4.90 Å². The van der Waals surface area contributed by atoms with Gasteiger partial charge in [0.15, 0.2) is 6.10 Å². The van der Waals surface area contributed by atoms with Gasteiger partial charge in [0.2, 0.25) is 0 Å². The van der Waals surface area contributed by atoms with Crippen LogP contribution in [0.4, 0.5) is 14.9 Å². The van der Waals surface area contributed by atoms with Crippen molar-refractivity contribution in [3.05, 3.63) is 23.0 Å². The molecule has 1 N–H and O–H groups in total. The Hall–Kier alpha value is -0.820. The van der Waals surface area contributed by atoms with Crippen LogP contribution in [0.2, 0.25) is 5.02 Å². The van der Waals surface area contributed by atoms with Gasteiger partial charge in [-0.25, -0.2) is 14.1 Å². The van der Waals surface area contributed by atoms with E-state index in [2.05, 4.69) is 0 Å². The van der Waals surface area contributed by atoms with E-state index in [-0.39, 0.29) is 47.6 Å². The average Bonchev–Trinajstić information content (AvgIpc) is 2.60. The first-order valence-electron chi connectivity index (χ1n) is 5.55. The number of benzene rings is 1. The number of halogens is 2. The second-order valence-electron chi connectivity index (χ2n) is 4.48. The van der Waals surface area contributed by atoms with Gasteiger partial charge in [-0.15, -0.1) is 0 Å². The van der Waals surface area contributed by atoms with E-state index in [9.17, 15) is 19.1 Å². The quantitative estimate of drug-likeness (QED) is 0.769. The zero-order valence-electron chi connectivity index (χ0n) is 12.2. The number of aromatic hydroxyl groups is 1. The van der Waals surface area contributed by atoms with Crippen LogP contribution in [0.25, 0.3) is 0 Å². The van der Waals surface area contributed by atoms with Gasteiger partial charge in [0.25, 0.3) is 5.91 Å². The minimum atomic E-state index is -0.968. The first-order valence-corrected chi connectivity index (χ1v) is 5.93. The molecule has 5 nitrogen and oxygen atoms in total. The van der Waals surface area contributed by atoms with Gasteiger partial charge < -0.3 is 11.3 Å². The Labute approximate surface area is 143 Å². The molecule has 0 radical (unpaired) electrons. The van der Waals surface area contributed by atoms with Crippen molar-refractivity contribution in [3.8, 4) is 5.75 Å². The van der Waals surface area contributed by atoms with Crippen molar-refractivity contribution >= 4 is 29.3 Å². The van der Waals surface area contributed by atoms with E-state index in [4.69, 9.17) is 16.3 Å². The molecule has 1 atom stereocenters. The molecule has 0 bridgehead atoms. The van der Waals surface area contributed by atoms with Gasteiger partial charge in [-0.1, -0.05) is 25.4 Å². The van der Waals surface area contributed by atoms with Crippen LogP contribution in [0.15, 0.2) is 12.1 Å². The molecule has 2 amide bonds. The maximum absolute atomic E-state index is 13.8. The zero-order chi connectivity index (χ0) is 14.3. The fourth-order valence-corrected chi connectivity index (χ4v) is 1.92. The van der Waals surface area contributed by atoms with E-state index in [1.165, 1.54) is 0 Å². The van der Waals surface area contributed by atoms with Gasteiger partial charge in [0, 0.05) is 6.07 Å². The van der Waals surface area contributed by atoms with Crippen molar-refractivity contribution in [1.82, 2.24) is 0 Å². The monoisotopic (exact) mass is 311 g/mol. The molecule has 0 spiro atoms. The number of rotatable bonds is 2. The first-order chi connectivity index (χ1) is 8.82. The number of carbonyl (C=O) groups excluding carboxylic acids is 2. The minimum absolute atomic E-state index is 0. The van der Waals surface area contributed by atoms with Crippen molar-refractivity contribution in [1.29, 1.82) is 0 Å². The number of phenolic OH excluding ortho intramolecular Hbond substituents is 1. The summed E-state index contributed by atoms with van der Waals surface area (Å²) in [7, 11) is 0. The largest absolute Gasteiger partial charge is 1.00 e. The summed E-state index contributed by atoms with van der Waals surface area (Å²) in [6, 6.07) is 1.75. The molecule has 8 heteroatoms. The molecule has 1 aromatic carbocycles. The number of ether oxygens (including phenoxy) is 1. The third kappa shape index (κ3) is 2.93. The molecular formula is C12H12ClFNNaO4. The molecular weight excluding hydrogens is 300 g/mol. The van der Waals surface area contributed by atoms with Crippen molar-refractivity contribution < 1.29 is 54.8 Å². The summed E-state index contributed by atoms with van der Waals surface area (Å²) in [6.07, 6.45) is -1.92. The summed E-state index contributed by atoms with van der Waals surface area (Å²) in [4.78, 5) is 24.2. The second kappa shape index (κ2) is 6.30. The van der Waals surface area contributed by atoms with Crippen molar-refractivity contribution in [3.63, 3.8) is 0 Å². The molecule has 1 fully saturated rings. The summed E-state index contributed by atoms with van der Waals surface area (Å²) in [5.74, 6) is -2.21. The predicted octanol–water partition coefficient (Wildman–Crippen LogP) is -0.191. The van der Waals surface area contributed by atoms with Crippen LogP contribution in [-0.4, -0.2) is 23.2 Å². The number of phenols is 1. The van der Waals surface area contributed by atoms with Crippen molar-refractivity contribution in [2.75, 3.05) is 4.90 Å². The smallest absolute Gasteiger partial charge is 1.00 e. The molecule has 0 saturated carbocycles. The second-order valence-corrected chi connectivity index (χ2v) is 4.88. The number of imide groups is 1. The van der Waals surface area contributed by atoms with E-state index in [0.717, 1.165) is 12.1 Å². The van der Waals surface area contributed by atoms with Gasteiger partial charge in [0.05, 0.1) is 10.7 Å². The van der Waals surface area contributed by atoms with E-state index >= 15 is 0 Å². The van der Waals surface area contributed by atoms with Crippen molar-refractivity contribution in [2.24, 2.45) is 5.92 Å². The van der Waals surface area contributed by atoms with Crippen LogP contribution in [0, 0.1) is 11.7 Å². The third-order valence-corrected chi connectivity index (χ3v) is 3.04. The fraction of sp³-hybridized carbons (Fsp3) is 0.333. The van der Waals surface area contributed by atoms with Gasteiger partial charge in [0.1, 0.15) is 11.6 Å². The minimum Gasteiger partial charge on any atom is -1.00 e. The Morgan fingerprint density at radius 2 is 2.05 bits per heavy atom. The normalized spacial score (nSPS) is 18.2. The Balaban J connectivity index is 0.00000200. The number of cyclic esters (lactones) is 1. The van der Waals surface area contributed by atoms with E-state index < -0.39 is 29.7 Å². The number of amides is 2. The molecule has 1 heterocycles. The molecule has 104 valence electrons. The van der Waals surface area contributed by atoms with Crippen LogP contribution in [0.3, 0.4) is 0 Å². The number of hydrogen-bond donors (Lipinski definition) is 1. The van der Waals surface area contributed by atoms with Crippen LogP contribution in [0.5, 0.6) is 5.75 Å². The number of nitrogens with zero attached hydrogens (tertiary/aromatic N) is 1. The summed E-state index contributed by atoms with van der Waals surface area (Å²) in [5.41, 5.74) is -0.375. The van der Waals surface area contributed by atoms with E-state index in [1.54, 1.807) is 13.8 Å². The molecule has 1 unspecified atom stereocenters. The molecule has 0 aliphatic carbocycles. The van der Waals surface area contributed by atoms with E-state index in [1.807, 2.05) is 0 Å². The maximum Gasteiger partial charge on any atom is 1.00 e. The molecule has 1 aromatic rings. The number of hydrogen-bond acceptors (Lipinski definition) is 4. The van der Waals surface area contributed by atoms with Crippen LogP contribution in [0.1, 0.15) is 15.3 Å². The van der Waals surface area contributed by atoms with Crippen LogP contribution < -0.4 is 34.5 Å².